The van der Waals surface area contributed by atoms with Crippen molar-refractivity contribution in [3.63, 3.8) is 0 Å². The SMILES string of the molecule is CCCCCCCCCCCCCCOC(=O)[C@H](CS)NC(C)=O. The lowest BCUT2D eigenvalue weighted by molar-refractivity contribution is -0.147. The molecular formula is C19H37NO3S. The molecule has 0 aliphatic carbocycles. The number of amides is 1. The zero-order chi connectivity index (χ0) is 18.0. The van der Waals surface area contributed by atoms with E-state index in [1.807, 2.05) is 0 Å². The number of hydrogen-bond acceptors (Lipinski definition) is 4. The van der Waals surface area contributed by atoms with Gasteiger partial charge in [0.2, 0.25) is 5.91 Å². The fourth-order valence-electron chi connectivity index (χ4n) is 2.64. The highest BCUT2D eigenvalue weighted by Gasteiger charge is 2.18. The minimum absolute atomic E-state index is 0.239. The summed E-state index contributed by atoms with van der Waals surface area (Å²) in [5.41, 5.74) is 0. The van der Waals surface area contributed by atoms with Gasteiger partial charge < -0.3 is 10.1 Å². The van der Waals surface area contributed by atoms with E-state index in [9.17, 15) is 9.59 Å². The summed E-state index contributed by atoms with van der Waals surface area (Å²) in [7, 11) is 0. The van der Waals surface area contributed by atoms with Gasteiger partial charge in [0, 0.05) is 12.7 Å². The highest BCUT2D eigenvalue weighted by Crippen LogP contribution is 2.12. The van der Waals surface area contributed by atoms with Crippen molar-refractivity contribution in [3.05, 3.63) is 0 Å². The molecule has 5 heteroatoms. The second-order valence-corrected chi connectivity index (χ2v) is 6.86. The Balaban J connectivity index is 3.35. The Morgan fingerprint density at radius 3 is 1.75 bits per heavy atom. The van der Waals surface area contributed by atoms with Crippen LogP contribution in [0.5, 0.6) is 0 Å². The number of carbonyl (C=O) groups excluding carboxylic acids is 2. The van der Waals surface area contributed by atoms with Crippen molar-refractivity contribution < 1.29 is 14.3 Å². The number of hydrogen-bond donors (Lipinski definition) is 2. The molecule has 0 spiro atoms. The van der Waals surface area contributed by atoms with Crippen LogP contribution in [0.15, 0.2) is 0 Å². The molecule has 0 aromatic heterocycles. The van der Waals surface area contributed by atoms with Crippen molar-refractivity contribution in [1.82, 2.24) is 5.32 Å². The molecule has 0 aromatic carbocycles. The molecule has 0 aromatic rings. The van der Waals surface area contributed by atoms with Crippen molar-refractivity contribution >= 4 is 24.5 Å². The Bertz CT molecular complexity index is 324. The molecule has 4 nitrogen and oxygen atoms in total. The van der Waals surface area contributed by atoms with Crippen molar-refractivity contribution in [2.75, 3.05) is 12.4 Å². The van der Waals surface area contributed by atoms with Gasteiger partial charge in [-0.1, -0.05) is 77.6 Å². The molecule has 1 amide bonds. The van der Waals surface area contributed by atoms with Gasteiger partial charge in [-0.25, -0.2) is 4.79 Å². The van der Waals surface area contributed by atoms with Gasteiger partial charge in [-0.2, -0.15) is 12.6 Å². The summed E-state index contributed by atoms with van der Waals surface area (Å²) in [4.78, 5) is 22.7. The van der Waals surface area contributed by atoms with Crippen LogP contribution in [-0.4, -0.2) is 30.3 Å². The molecule has 0 aliphatic rings. The summed E-state index contributed by atoms with van der Waals surface area (Å²) < 4.78 is 5.19. The molecule has 0 heterocycles. The molecule has 24 heavy (non-hydrogen) atoms. The number of rotatable bonds is 16. The first-order valence-electron chi connectivity index (χ1n) is 9.66. The number of carbonyl (C=O) groups is 2. The number of thiol groups is 1. The predicted octanol–water partition coefficient (Wildman–Crippen LogP) is 4.67. The summed E-state index contributed by atoms with van der Waals surface area (Å²) >= 11 is 4.06. The van der Waals surface area contributed by atoms with Crippen LogP contribution in [-0.2, 0) is 14.3 Å². The quantitative estimate of drug-likeness (QED) is 0.239. The van der Waals surface area contributed by atoms with Crippen LogP contribution in [0.1, 0.15) is 90.9 Å². The number of unbranched alkanes of at least 4 members (excludes halogenated alkanes) is 11. The van der Waals surface area contributed by atoms with Gasteiger partial charge in [0.05, 0.1) is 6.61 Å². The fraction of sp³-hybridized carbons (Fsp3) is 0.895. The number of nitrogens with one attached hydrogen (secondary N) is 1. The Kier molecular flexibility index (Phi) is 16.6. The summed E-state index contributed by atoms with van der Waals surface area (Å²) in [5.74, 6) is -0.365. The van der Waals surface area contributed by atoms with E-state index in [4.69, 9.17) is 4.74 Å². The van der Waals surface area contributed by atoms with Crippen LogP contribution >= 0.6 is 12.6 Å². The van der Waals surface area contributed by atoms with Crippen molar-refractivity contribution in [2.24, 2.45) is 0 Å². The molecule has 0 saturated heterocycles. The molecule has 0 fully saturated rings. The first-order chi connectivity index (χ1) is 11.6. The molecular weight excluding hydrogens is 322 g/mol. The minimum atomic E-state index is -0.636. The summed E-state index contributed by atoms with van der Waals surface area (Å²) in [6.07, 6.45) is 15.4. The highest BCUT2D eigenvalue weighted by molar-refractivity contribution is 7.80. The van der Waals surface area contributed by atoms with Gasteiger partial charge in [-0.15, -0.1) is 0 Å². The van der Waals surface area contributed by atoms with Crippen LogP contribution < -0.4 is 5.32 Å². The maximum absolute atomic E-state index is 11.7. The van der Waals surface area contributed by atoms with Crippen LogP contribution in [0, 0.1) is 0 Å². The van der Waals surface area contributed by atoms with Crippen molar-refractivity contribution in [1.29, 1.82) is 0 Å². The number of esters is 1. The first-order valence-corrected chi connectivity index (χ1v) is 10.3. The molecule has 0 bridgehead atoms. The molecule has 142 valence electrons. The molecule has 1 N–H and O–H groups in total. The van der Waals surface area contributed by atoms with Gasteiger partial charge in [0.15, 0.2) is 0 Å². The van der Waals surface area contributed by atoms with Gasteiger partial charge in [-0.3, -0.25) is 4.79 Å². The van der Waals surface area contributed by atoms with Crippen molar-refractivity contribution in [2.45, 2.75) is 96.9 Å². The zero-order valence-electron chi connectivity index (χ0n) is 15.6. The van der Waals surface area contributed by atoms with Crippen LogP contribution in [0.25, 0.3) is 0 Å². The monoisotopic (exact) mass is 359 g/mol. The maximum Gasteiger partial charge on any atom is 0.329 e. The summed E-state index contributed by atoms with van der Waals surface area (Å²) in [5, 5.41) is 2.54. The van der Waals surface area contributed by atoms with E-state index in [0.29, 0.717) is 6.61 Å². The lowest BCUT2D eigenvalue weighted by Gasteiger charge is -2.14. The van der Waals surface area contributed by atoms with Crippen LogP contribution in [0.2, 0.25) is 0 Å². The lowest BCUT2D eigenvalue weighted by Crippen LogP contribution is -2.42. The number of ether oxygens (including phenoxy) is 1. The first kappa shape index (κ1) is 23.3. The molecule has 1 atom stereocenters. The van der Waals surface area contributed by atoms with E-state index in [-0.39, 0.29) is 17.6 Å². The molecule has 0 radical (unpaired) electrons. The topological polar surface area (TPSA) is 55.4 Å². The van der Waals surface area contributed by atoms with E-state index in [0.717, 1.165) is 12.8 Å². The Morgan fingerprint density at radius 2 is 1.33 bits per heavy atom. The second kappa shape index (κ2) is 17.1. The highest BCUT2D eigenvalue weighted by atomic mass is 32.1. The summed E-state index contributed by atoms with van der Waals surface area (Å²) in [6, 6.07) is -0.636. The van der Waals surface area contributed by atoms with E-state index >= 15 is 0 Å². The third-order valence-corrected chi connectivity index (χ3v) is 4.45. The van der Waals surface area contributed by atoms with E-state index in [2.05, 4.69) is 24.9 Å². The summed E-state index contributed by atoms with van der Waals surface area (Å²) in [6.45, 7) is 4.07. The van der Waals surface area contributed by atoms with Crippen LogP contribution in [0.3, 0.4) is 0 Å². The molecule has 0 aliphatic heterocycles. The normalized spacial score (nSPS) is 12.0. The maximum atomic E-state index is 11.7. The predicted molar refractivity (Wildman–Crippen MR) is 103 cm³/mol. The van der Waals surface area contributed by atoms with Gasteiger partial charge in [-0.05, 0) is 6.42 Å². The van der Waals surface area contributed by atoms with Gasteiger partial charge in [0.1, 0.15) is 6.04 Å². The Labute approximate surface area is 153 Å². The van der Waals surface area contributed by atoms with E-state index in [1.54, 1.807) is 0 Å². The lowest BCUT2D eigenvalue weighted by atomic mass is 10.1. The smallest absolute Gasteiger partial charge is 0.329 e. The molecule has 0 unspecified atom stereocenters. The average Bonchev–Trinajstić information content (AvgIpc) is 2.56. The van der Waals surface area contributed by atoms with Gasteiger partial charge in [0.25, 0.3) is 0 Å². The van der Waals surface area contributed by atoms with Crippen molar-refractivity contribution in [3.8, 4) is 0 Å². The molecule has 0 rings (SSSR count). The van der Waals surface area contributed by atoms with Crippen LogP contribution in [0.4, 0.5) is 0 Å². The standard InChI is InChI=1S/C19H37NO3S/c1-3-4-5-6-7-8-9-10-11-12-13-14-15-23-19(22)18(16-24)20-17(2)21/h18,24H,3-16H2,1-2H3,(H,20,21)/t18-/m0/s1. The molecule has 0 saturated carbocycles. The third kappa shape index (κ3) is 14.9. The van der Waals surface area contributed by atoms with Gasteiger partial charge >= 0.3 is 5.97 Å². The Morgan fingerprint density at radius 1 is 0.875 bits per heavy atom. The fourth-order valence-corrected chi connectivity index (χ4v) is 2.88. The van der Waals surface area contributed by atoms with E-state index in [1.165, 1.54) is 71.1 Å². The van der Waals surface area contributed by atoms with E-state index < -0.39 is 6.04 Å². The third-order valence-electron chi connectivity index (χ3n) is 4.09. The largest absolute Gasteiger partial charge is 0.464 e. The zero-order valence-corrected chi connectivity index (χ0v) is 16.5. The second-order valence-electron chi connectivity index (χ2n) is 6.49. The average molecular weight is 360 g/mol. The minimum Gasteiger partial charge on any atom is -0.464 e. The Hall–Kier alpha value is -0.710.